The van der Waals surface area contributed by atoms with Crippen molar-refractivity contribution in [2.75, 3.05) is 18.0 Å². The van der Waals surface area contributed by atoms with Crippen molar-refractivity contribution in [3.63, 3.8) is 0 Å². The topological polar surface area (TPSA) is 15.3 Å². The van der Waals surface area contributed by atoms with Gasteiger partial charge in [0, 0.05) is 23.1 Å². The van der Waals surface area contributed by atoms with Crippen LogP contribution in [0.4, 0.5) is 5.69 Å². The normalized spacial score (nSPS) is 16.3. The molecule has 0 radical (unpaired) electrons. The molecule has 0 amide bonds. The van der Waals surface area contributed by atoms with Gasteiger partial charge in [0.2, 0.25) is 0 Å². The fourth-order valence-corrected chi connectivity index (χ4v) is 3.36. The van der Waals surface area contributed by atoms with E-state index < -0.39 is 0 Å². The van der Waals surface area contributed by atoms with E-state index in [0.717, 1.165) is 18.5 Å². The van der Waals surface area contributed by atoms with Crippen LogP contribution in [-0.4, -0.2) is 19.1 Å². The maximum Gasteiger partial charge on any atom is 0.0513 e. The molecule has 0 aliphatic heterocycles. The van der Waals surface area contributed by atoms with Crippen LogP contribution in [0.3, 0.4) is 0 Å². The zero-order valence-electron chi connectivity index (χ0n) is 13.8. The van der Waals surface area contributed by atoms with Crippen molar-refractivity contribution in [3.8, 4) is 0 Å². The zero-order valence-corrected chi connectivity index (χ0v) is 15.4. The number of hydrogen-bond donors (Lipinski definition) is 1. The molecule has 2 nitrogen and oxygen atoms in total. The van der Waals surface area contributed by atoms with Crippen LogP contribution in [0.2, 0.25) is 0 Å². The van der Waals surface area contributed by atoms with Crippen molar-refractivity contribution in [3.05, 3.63) is 28.2 Å². The maximum absolute atomic E-state index is 3.80. The third kappa shape index (κ3) is 4.72. The molecule has 0 spiro atoms. The third-order valence-corrected chi connectivity index (χ3v) is 4.86. The van der Waals surface area contributed by atoms with E-state index in [1.165, 1.54) is 41.5 Å². The van der Waals surface area contributed by atoms with Gasteiger partial charge in [0.15, 0.2) is 0 Å². The highest BCUT2D eigenvalue weighted by Crippen LogP contribution is 2.37. The Kier molecular flexibility index (Phi) is 6.12. The molecule has 1 aromatic rings. The lowest BCUT2D eigenvalue weighted by atomic mass is 10.1. The largest absolute Gasteiger partial charge is 0.368 e. The standard InChI is InChI=1S/C18H29BrN2/c1-5-20-14(4)15-6-9-18(17(19)12-15)21(16-7-8-16)11-10-13(2)3/h6,9,12-14,16,20H,5,7-8,10-11H2,1-4H3. The highest BCUT2D eigenvalue weighted by atomic mass is 79.9. The van der Waals surface area contributed by atoms with Crippen molar-refractivity contribution >= 4 is 21.6 Å². The van der Waals surface area contributed by atoms with Crippen LogP contribution >= 0.6 is 15.9 Å². The Hall–Kier alpha value is -0.540. The van der Waals surface area contributed by atoms with Gasteiger partial charge in [-0.3, -0.25) is 0 Å². The second kappa shape index (κ2) is 7.64. The Morgan fingerprint density at radius 3 is 2.52 bits per heavy atom. The molecule has 0 bridgehead atoms. The minimum Gasteiger partial charge on any atom is -0.368 e. The summed E-state index contributed by atoms with van der Waals surface area (Å²) in [6.07, 6.45) is 3.96. The highest BCUT2D eigenvalue weighted by molar-refractivity contribution is 9.10. The van der Waals surface area contributed by atoms with Crippen LogP contribution in [0.25, 0.3) is 0 Å². The summed E-state index contributed by atoms with van der Waals surface area (Å²) < 4.78 is 1.24. The first-order chi connectivity index (χ1) is 10.0. The Morgan fingerprint density at radius 1 is 1.29 bits per heavy atom. The number of halogens is 1. The van der Waals surface area contributed by atoms with Crippen LogP contribution in [0, 0.1) is 5.92 Å². The summed E-state index contributed by atoms with van der Waals surface area (Å²) in [6, 6.07) is 8.03. The molecule has 1 unspecified atom stereocenters. The monoisotopic (exact) mass is 352 g/mol. The van der Waals surface area contributed by atoms with Gasteiger partial charge in [0.1, 0.15) is 0 Å². The van der Waals surface area contributed by atoms with Crippen molar-refractivity contribution in [1.82, 2.24) is 5.32 Å². The number of benzene rings is 1. The fourth-order valence-electron chi connectivity index (χ4n) is 2.73. The van der Waals surface area contributed by atoms with Crippen LogP contribution < -0.4 is 10.2 Å². The van der Waals surface area contributed by atoms with Gasteiger partial charge in [-0.15, -0.1) is 0 Å². The summed E-state index contributed by atoms with van der Waals surface area (Å²) in [5.74, 6) is 0.762. The van der Waals surface area contributed by atoms with Crippen LogP contribution in [-0.2, 0) is 0 Å². The van der Waals surface area contributed by atoms with E-state index in [2.05, 4.69) is 72.0 Å². The molecular formula is C18H29BrN2. The van der Waals surface area contributed by atoms with Crippen LogP contribution in [0.1, 0.15) is 58.6 Å². The summed E-state index contributed by atoms with van der Waals surface area (Å²) >= 11 is 3.80. The molecule has 21 heavy (non-hydrogen) atoms. The predicted molar refractivity (Wildman–Crippen MR) is 96.1 cm³/mol. The quantitative estimate of drug-likeness (QED) is 0.697. The van der Waals surface area contributed by atoms with E-state index in [9.17, 15) is 0 Å². The first kappa shape index (κ1) is 16.8. The van der Waals surface area contributed by atoms with E-state index in [1.54, 1.807) is 0 Å². The lowest BCUT2D eigenvalue weighted by Gasteiger charge is -2.27. The molecule has 1 atom stereocenters. The van der Waals surface area contributed by atoms with Gasteiger partial charge < -0.3 is 10.2 Å². The van der Waals surface area contributed by atoms with Crippen LogP contribution in [0.15, 0.2) is 22.7 Å². The summed E-state index contributed by atoms with van der Waals surface area (Å²) in [7, 11) is 0. The molecule has 2 rings (SSSR count). The SMILES string of the molecule is CCNC(C)c1ccc(N(CCC(C)C)C2CC2)c(Br)c1. The van der Waals surface area contributed by atoms with E-state index in [4.69, 9.17) is 0 Å². The predicted octanol–water partition coefficient (Wildman–Crippen LogP) is 5.13. The maximum atomic E-state index is 3.80. The zero-order chi connectivity index (χ0) is 15.4. The van der Waals surface area contributed by atoms with Crippen molar-refractivity contribution in [1.29, 1.82) is 0 Å². The molecule has 1 aromatic carbocycles. The third-order valence-electron chi connectivity index (χ3n) is 4.23. The van der Waals surface area contributed by atoms with Gasteiger partial charge in [0.05, 0.1) is 5.69 Å². The first-order valence-electron chi connectivity index (χ1n) is 8.32. The number of anilines is 1. The minimum absolute atomic E-state index is 0.408. The Bertz CT molecular complexity index is 455. The molecule has 0 heterocycles. The van der Waals surface area contributed by atoms with Crippen molar-refractivity contribution < 1.29 is 0 Å². The molecule has 1 aliphatic carbocycles. The molecule has 3 heteroatoms. The fraction of sp³-hybridized carbons (Fsp3) is 0.667. The summed E-state index contributed by atoms with van der Waals surface area (Å²) in [5, 5.41) is 3.48. The Balaban J connectivity index is 2.13. The smallest absolute Gasteiger partial charge is 0.0513 e. The molecule has 1 aliphatic rings. The highest BCUT2D eigenvalue weighted by Gasteiger charge is 2.30. The molecule has 0 saturated heterocycles. The summed E-state index contributed by atoms with van der Waals surface area (Å²) in [6.45, 7) is 11.2. The van der Waals surface area contributed by atoms with E-state index in [1.807, 2.05) is 0 Å². The summed E-state index contributed by atoms with van der Waals surface area (Å²) in [5.41, 5.74) is 2.72. The van der Waals surface area contributed by atoms with Crippen LogP contribution in [0.5, 0.6) is 0 Å². The van der Waals surface area contributed by atoms with Gasteiger partial charge in [-0.25, -0.2) is 0 Å². The number of rotatable bonds is 8. The average Bonchev–Trinajstić information content (AvgIpc) is 3.25. The number of hydrogen-bond acceptors (Lipinski definition) is 2. The average molecular weight is 353 g/mol. The lowest BCUT2D eigenvalue weighted by Crippen LogP contribution is -2.28. The van der Waals surface area contributed by atoms with Gasteiger partial charge in [-0.05, 0) is 72.3 Å². The van der Waals surface area contributed by atoms with Gasteiger partial charge in [-0.1, -0.05) is 26.8 Å². The van der Waals surface area contributed by atoms with Crippen molar-refractivity contribution in [2.45, 2.75) is 59.0 Å². The second-order valence-corrected chi connectivity index (χ2v) is 7.45. The molecule has 118 valence electrons. The van der Waals surface area contributed by atoms with Crippen molar-refractivity contribution in [2.24, 2.45) is 5.92 Å². The minimum atomic E-state index is 0.408. The molecular weight excluding hydrogens is 324 g/mol. The molecule has 0 aromatic heterocycles. The molecule has 1 fully saturated rings. The molecule has 1 saturated carbocycles. The Labute approximate surface area is 138 Å². The second-order valence-electron chi connectivity index (χ2n) is 6.60. The van der Waals surface area contributed by atoms with E-state index in [-0.39, 0.29) is 0 Å². The van der Waals surface area contributed by atoms with E-state index in [0.29, 0.717) is 6.04 Å². The van der Waals surface area contributed by atoms with Gasteiger partial charge in [0.25, 0.3) is 0 Å². The summed E-state index contributed by atoms with van der Waals surface area (Å²) in [4.78, 5) is 2.60. The first-order valence-corrected chi connectivity index (χ1v) is 9.11. The van der Waals surface area contributed by atoms with Gasteiger partial charge >= 0.3 is 0 Å². The Morgan fingerprint density at radius 2 is 2.00 bits per heavy atom. The number of nitrogens with zero attached hydrogens (tertiary/aromatic N) is 1. The number of nitrogens with one attached hydrogen (secondary N) is 1. The molecule has 1 N–H and O–H groups in total. The van der Waals surface area contributed by atoms with Gasteiger partial charge in [-0.2, -0.15) is 0 Å². The van der Waals surface area contributed by atoms with E-state index >= 15 is 0 Å². The lowest BCUT2D eigenvalue weighted by molar-refractivity contribution is 0.570.